The fraction of sp³-hybridized carbons (Fsp3) is 0.370. The zero-order valence-electron chi connectivity index (χ0n) is 22.7. The Morgan fingerprint density at radius 2 is 1.86 bits per heavy atom. The van der Waals surface area contributed by atoms with Crippen molar-refractivity contribution in [3.05, 3.63) is 64.8 Å². The molecule has 0 spiro atoms. The lowest BCUT2D eigenvalue weighted by molar-refractivity contribution is -0.153. The Morgan fingerprint density at radius 1 is 1.19 bits per heavy atom. The zero-order chi connectivity index (χ0) is 31.0. The second-order valence-electron chi connectivity index (χ2n) is 10.1. The Morgan fingerprint density at radius 3 is 2.43 bits per heavy atom. The monoisotopic (exact) mass is 614 g/mol. The Kier molecular flexibility index (Phi) is 8.36. The number of halogens is 5. The van der Waals surface area contributed by atoms with E-state index in [0.29, 0.717) is 17.5 Å². The Hall–Kier alpha value is -4.01. The van der Waals surface area contributed by atoms with E-state index in [1.807, 2.05) is 0 Å². The first kappa shape index (κ1) is 30.9. The predicted octanol–water partition coefficient (Wildman–Crippen LogP) is 4.63. The minimum Gasteiger partial charge on any atom is -0.484 e. The normalized spacial score (nSPS) is 17.1. The van der Waals surface area contributed by atoms with Gasteiger partial charge in [-0.25, -0.2) is 17.2 Å². The molecule has 2 heterocycles. The number of ether oxygens (including phenoxy) is 1. The van der Waals surface area contributed by atoms with Gasteiger partial charge in [-0.15, -0.1) is 0 Å². The van der Waals surface area contributed by atoms with E-state index in [1.54, 1.807) is 19.9 Å². The van der Waals surface area contributed by atoms with Crippen LogP contribution in [0.3, 0.4) is 0 Å². The summed E-state index contributed by atoms with van der Waals surface area (Å²) < 4.78 is 93.8. The molecule has 1 aliphatic heterocycles. The molecule has 15 heteroatoms. The highest BCUT2D eigenvalue weighted by atomic mass is 32.2. The van der Waals surface area contributed by atoms with Crippen molar-refractivity contribution in [2.24, 2.45) is 0 Å². The van der Waals surface area contributed by atoms with Gasteiger partial charge in [0.1, 0.15) is 22.9 Å². The van der Waals surface area contributed by atoms with Crippen LogP contribution in [0.5, 0.6) is 5.75 Å². The summed E-state index contributed by atoms with van der Waals surface area (Å²) in [4.78, 5) is 26.1. The molecule has 1 aliphatic rings. The number of amides is 2. The minimum absolute atomic E-state index is 0.00356. The van der Waals surface area contributed by atoms with Crippen molar-refractivity contribution in [1.29, 1.82) is 0 Å². The van der Waals surface area contributed by atoms with Gasteiger partial charge in [-0.2, -0.15) is 18.3 Å². The van der Waals surface area contributed by atoms with Gasteiger partial charge in [0, 0.05) is 17.4 Å². The number of nitrogens with one attached hydrogen (secondary N) is 2. The number of fused-ring (bicyclic) bond motifs is 1. The summed E-state index contributed by atoms with van der Waals surface area (Å²) in [6, 6.07) is 9.40. The van der Waals surface area contributed by atoms with E-state index in [-0.39, 0.29) is 40.5 Å². The zero-order valence-corrected chi connectivity index (χ0v) is 23.5. The lowest BCUT2D eigenvalue weighted by Gasteiger charge is -2.37. The number of anilines is 1. The summed E-state index contributed by atoms with van der Waals surface area (Å²) in [6.45, 7) is 2.03. The second-order valence-corrected chi connectivity index (χ2v) is 12.3. The summed E-state index contributed by atoms with van der Waals surface area (Å²) >= 11 is 0. The van der Waals surface area contributed by atoms with Gasteiger partial charge in [0.25, 0.3) is 12.3 Å². The first-order valence-electron chi connectivity index (χ1n) is 12.6. The Bertz CT molecular complexity index is 1620. The van der Waals surface area contributed by atoms with Crippen molar-refractivity contribution in [3.63, 3.8) is 0 Å². The number of aryl methyl sites for hydroxylation is 1. The Labute approximate surface area is 238 Å². The molecule has 4 rings (SSSR count). The van der Waals surface area contributed by atoms with Crippen LogP contribution in [-0.4, -0.2) is 54.8 Å². The highest BCUT2D eigenvalue weighted by molar-refractivity contribution is 7.91. The number of carbonyl (C=O) groups excluding carboxylic acids is 2. The lowest BCUT2D eigenvalue weighted by Crippen LogP contribution is -2.52. The maximum absolute atomic E-state index is 13.5. The molecule has 0 radical (unpaired) electrons. The third kappa shape index (κ3) is 6.89. The SMILES string of the molecule is CCc1cc(OCC(F)(F)F)ccc1[C@@]1(C)Cn2nc(-c3ccc(C(F)F)cc3)c(NC(=O)CS(C)(=O)=O)c2C(=O)N1. The molecule has 2 amide bonds. The molecule has 0 unspecified atom stereocenters. The van der Waals surface area contributed by atoms with E-state index in [1.165, 1.54) is 41.1 Å². The average molecular weight is 615 g/mol. The van der Waals surface area contributed by atoms with Crippen LogP contribution >= 0.6 is 0 Å². The van der Waals surface area contributed by atoms with Crippen molar-refractivity contribution in [2.75, 3.05) is 23.9 Å². The van der Waals surface area contributed by atoms with E-state index in [2.05, 4.69) is 15.7 Å². The highest BCUT2D eigenvalue weighted by Gasteiger charge is 2.41. The molecule has 0 bridgehead atoms. The maximum Gasteiger partial charge on any atom is 0.422 e. The molecule has 2 N–H and O–H groups in total. The van der Waals surface area contributed by atoms with Gasteiger partial charge >= 0.3 is 6.18 Å². The summed E-state index contributed by atoms with van der Waals surface area (Å²) in [5, 5.41) is 9.82. The summed E-state index contributed by atoms with van der Waals surface area (Å²) in [6.07, 6.45) is -5.98. The van der Waals surface area contributed by atoms with Gasteiger partial charge in [0.2, 0.25) is 5.91 Å². The molecule has 42 heavy (non-hydrogen) atoms. The predicted molar refractivity (Wildman–Crippen MR) is 143 cm³/mol. The molecule has 0 fully saturated rings. The topological polar surface area (TPSA) is 119 Å². The van der Waals surface area contributed by atoms with Gasteiger partial charge < -0.3 is 15.4 Å². The first-order valence-corrected chi connectivity index (χ1v) is 14.7. The first-order chi connectivity index (χ1) is 19.5. The molecule has 9 nitrogen and oxygen atoms in total. The van der Waals surface area contributed by atoms with Crippen molar-refractivity contribution < 1.29 is 44.7 Å². The van der Waals surface area contributed by atoms with Crippen LogP contribution in [0.2, 0.25) is 0 Å². The van der Waals surface area contributed by atoms with Crippen LogP contribution in [0.1, 0.15) is 47.5 Å². The fourth-order valence-corrected chi connectivity index (χ4v) is 5.33. The molecule has 0 saturated carbocycles. The lowest BCUT2D eigenvalue weighted by atomic mass is 9.85. The third-order valence-electron chi connectivity index (χ3n) is 6.57. The van der Waals surface area contributed by atoms with Crippen molar-refractivity contribution in [1.82, 2.24) is 15.1 Å². The highest BCUT2D eigenvalue weighted by Crippen LogP contribution is 2.38. The molecule has 3 aromatic rings. The van der Waals surface area contributed by atoms with Gasteiger partial charge in [-0.3, -0.25) is 14.3 Å². The molecule has 2 aromatic carbocycles. The number of aromatic nitrogens is 2. The molecular formula is C27H27F5N4O5S. The minimum atomic E-state index is -4.52. The quantitative estimate of drug-likeness (QED) is 0.339. The number of rotatable bonds is 9. The maximum atomic E-state index is 13.5. The van der Waals surface area contributed by atoms with Gasteiger partial charge in [-0.05, 0) is 36.6 Å². The van der Waals surface area contributed by atoms with E-state index < -0.39 is 52.2 Å². The van der Waals surface area contributed by atoms with Crippen molar-refractivity contribution in [3.8, 4) is 17.0 Å². The molecule has 1 atom stereocenters. The molecule has 0 aliphatic carbocycles. The molecule has 226 valence electrons. The summed E-state index contributed by atoms with van der Waals surface area (Å²) in [5.41, 5.74) is -0.0311. The number of hydrogen-bond acceptors (Lipinski definition) is 6. The van der Waals surface area contributed by atoms with Crippen LogP contribution in [0.15, 0.2) is 42.5 Å². The number of hydrogen-bond donors (Lipinski definition) is 2. The van der Waals surface area contributed by atoms with E-state index >= 15 is 0 Å². The smallest absolute Gasteiger partial charge is 0.422 e. The van der Waals surface area contributed by atoms with Gasteiger partial charge in [0.15, 0.2) is 22.1 Å². The molecule has 0 saturated heterocycles. The second kappa shape index (κ2) is 11.3. The average Bonchev–Trinajstić information content (AvgIpc) is 3.23. The number of benzene rings is 2. The molecular weight excluding hydrogens is 587 g/mol. The number of carbonyl (C=O) groups is 2. The van der Waals surface area contributed by atoms with Crippen LogP contribution < -0.4 is 15.4 Å². The molecule has 1 aromatic heterocycles. The summed E-state index contributed by atoms with van der Waals surface area (Å²) in [5.74, 6) is -2.48. The Balaban J connectivity index is 1.76. The third-order valence-corrected chi connectivity index (χ3v) is 7.36. The van der Waals surface area contributed by atoms with E-state index in [4.69, 9.17) is 4.74 Å². The number of nitrogens with zero attached hydrogens (tertiary/aromatic N) is 2. The van der Waals surface area contributed by atoms with Crippen LogP contribution in [-0.2, 0) is 33.1 Å². The van der Waals surface area contributed by atoms with E-state index in [9.17, 15) is 40.0 Å². The van der Waals surface area contributed by atoms with Crippen LogP contribution in [0.25, 0.3) is 11.3 Å². The standard InChI is InChI=1S/C27H27F5N4O5S/c1-4-15-11-18(41-14-27(30,31)32)9-10-19(15)26(2)13-36-23(25(38)34-26)22(33-20(37)12-42(3,39)40)21(35-36)16-5-7-17(8-6-16)24(28)29/h5-11,24H,4,12-14H2,1-3H3,(H,33,37)(H,34,38)/t26-/m1/s1. The van der Waals surface area contributed by atoms with Gasteiger partial charge in [0.05, 0.1) is 12.1 Å². The van der Waals surface area contributed by atoms with Crippen molar-refractivity contribution in [2.45, 2.75) is 45.0 Å². The van der Waals surface area contributed by atoms with Crippen molar-refractivity contribution >= 4 is 27.3 Å². The fourth-order valence-electron chi connectivity index (χ4n) is 4.78. The van der Waals surface area contributed by atoms with Crippen LogP contribution in [0, 0.1) is 0 Å². The largest absolute Gasteiger partial charge is 0.484 e. The number of sulfone groups is 1. The van der Waals surface area contributed by atoms with Crippen LogP contribution in [0.4, 0.5) is 27.6 Å². The summed E-state index contributed by atoms with van der Waals surface area (Å²) in [7, 11) is -3.73. The van der Waals surface area contributed by atoms with Gasteiger partial charge in [-0.1, -0.05) is 37.3 Å². The van der Waals surface area contributed by atoms with E-state index in [0.717, 1.165) is 6.26 Å². The number of alkyl halides is 5.